The normalized spacial score (nSPS) is 28.1. The fraction of sp³-hybridized carbons (Fsp3) is 0.352. The summed E-state index contributed by atoms with van der Waals surface area (Å²) in [6, 6.07) is 16.2. The SMILES string of the molecule is O=C(O)CC(=O)OC[C@H]1O[C@@H](Oc2cc3c(O)cc(O[C@@H]4OC(COC(=O)C=Cc5ccc(O[C@@H]6O[C@H](COC(=O)C=Cc7ccc(O)c(O)c7)[C@H](O)C(O)C6O)c(O)c5)[C@@H](O)[C@H](O)C4O)cc3[o+]c2-c2ccc(O)cc2)C(O)C(O)[C@H]1O. The van der Waals surface area contributed by atoms with Crippen LogP contribution in [0.3, 0.4) is 0 Å². The van der Waals surface area contributed by atoms with Gasteiger partial charge in [-0.1, -0.05) is 12.1 Å². The number of fused-ring (bicyclic) bond motifs is 1. The molecule has 83 heavy (non-hydrogen) atoms. The van der Waals surface area contributed by atoms with Crippen LogP contribution in [0.15, 0.2) is 95.4 Å². The van der Waals surface area contributed by atoms with Crippen LogP contribution in [-0.4, -0.2) is 212 Å². The molecule has 0 bridgehead atoms. The van der Waals surface area contributed by atoms with E-state index in [4.69, 9.17) is 52.2 Å². The molecule has 15 atom stereocenters. The topological polar surface area (TPSA) is 466 Å². The zero-order valence-corrected chi connectivity index (χ0v) is 42.7. The summed E-state index contributed by atoms with van der Waals surface area (Å²) in [5.74, 6) is -7.72. The Morgan fingerprint density at radius 3 is 1.47 bits per heavy atom. The Morgan fingerprint density at radius 2 is 0.964 bits per heavy atom. The first kappa shape index (κ1) is 60.7. The number of carbonyl (C=O) groups is 4. The highest BCUT2D eigenvalue weighted by Gasteiger charge is 2.49. The number of carbonyl (C=O) groups excluding carboxylic acids is 3. The number of aromatic hydroxyl groups is 5. The van der Waals surface area contributed by atoms with Gasteiger partial charge in [0.25, 0.3) is 0 Å². The number of rotatable bonds is 19. The number of aliphatic carboxylic acids is 1. The molecule has 29 nitrogen and oxygen atoms in total. The van der Waals surface area contributed by atoms with Crippen LogP contribution in [0.4, 0.5) is 0 Å². The number of hydrogen-bond acceptors (Lipinski definition) is 27. The second-order valence-corrected chi connectivity index (χ2v) is 18.9. The molecule has 4 heterocycles. The number of aliphatic hydroxyl groups excluding tert-OH is 9. The van der Waals surface area contributed by atoms with Crippen LogP contribution in [0, 0.1) is 0 Å². The van der Waals surface area contributed by atoms with E-state index in [9.17, 15) is 90.7 Å². The molecule has 3 aliphatic rings. The van der Waals surface area contributed by atoms with Gasteiger partial charge in [-0.05, 0) is 71.8 Å². The second kappa shape index (κ2) is 26.2. The number of carboxylic acids is 1. The second-order valence-electron chi connectivity index (χ2n) is 18.9. The van der Waals surface area contributed by atoms with E-state index < -0.39 is 159 Å². The number of aliphatic hydroxyl groups is 9. The van der Waals surface area contributed by atoms with E-state index in [1.165, 1.54) is 78.9 Å². The van der Waals surface area contributed by atoms with Crippen molar-refractivity contribution < 1.29 is 143 Å². The van der Waals surface area contributed by atoms with Gasteiger partial charge in [-0.15, -0.1) is 0 Å². The Kier molecular flexibility index (Phi) is 19.2. The molecule has 29 heteroatoms. The number of hydrogen-bond donors (Lipinski definition) is 15. The van der Waals surface area contributed by atoms with Gasteiger partial charge in [0.1, 0.15) is 122 Å². The Bertz CT molecular complexity index is 3200. The van der Waals surface area contributed by atoms with Crippen LogP contribution >= 0.6 is 0 Å². The number of phenolic OH excluding ortho intramolecular Hbond substituents is 5. The van der Waals surface area contributed by atoms with Crippen molar-refractivity contribution in [1.29, 1.82) is 0 Å². The van der Waals surface area contributed by atoms with Crippen LogP contribution in [-0.2, 0) is 47.6 Å². The smallest absolute Gasteiger partial charge is 0.402 e. The summed E-state index contributed by atoms with van der Waals surface area (Å²) in [7, 11) is 0. The zero-order chi connectivity index (χ0) is 60.0. The van der Waals surface area contributed by atoms with Crippen molar-refractivity contribution in [2.45, 2.75) is 98.5 Å². The minimum atomic E-state index is -1.96. The number of esters is 3. The Hall–Kier alpha value is -8.43. The summed E-state index contributed by atoms with van der Waals surface area (Å²) in [4.78, 5) is 48.0. The summed E-state index contributed by atoms with van der Waals surface area (Å²) in [5, 5.41) is 156. The molecule has 6 unspecified atom stereocenters. The lowest BCUT2D eigenvalue weighted by Crippen LogP contribution is -2.60. The Labute approximate surface area is 466 Å². The molecule has 444 valence electrons. The first-order valence-electron chi connectivity index (χ1n) is 24.9. The monoisotopic (exact) mass is 1170 g/mol. The Morgan fingerprint density at radius 1 is 0.482 bits per heavy atom. The van der Waals surface area contributed by atoms with E-state index in [0.717, 1.165) is 24.3 Å². The van der Waals surface area contributed by atoms with E-state index >= 15 is 0 Å². The number of carboxylic acid groups (broad SMARTS) is 1. The molecular weight excluding hydrogens is 1110 g/mol. The molecule has 3 fully saturated rings. The van der Waals surface area contributed by atoms with Crippen molar-refractivity contribution in [3.8, 4) is 57.3 Å². The largest absolute Gasteiger partial charge is 0.508 e. The van der Waals surface area contributed by atoms with Crippen molar-refractivity contribution in [2.24, 2.45) is 0 Å². The first-order chi connectivity index (χ1) is 39.4. The average molecular weight is 1170 g/mol. The van der Waals surface area contributed by atoms with Gasteiger partial charge in [0, 0.05) is 24.3 Å². The van der Waals surface area contributed by atoms with Gasteiger partial charge in [0.05, 0.1) is 11.6 Å². The lowest BCUT2D eigenvalue weighted by atomic mass is 9.99. The molecule has 15 N–H and O–H groups in total. The summed E-state index contributed by atoms with van der Waals surface area (Å²) in [6.07, 6.45) is -23.5. The maximum atomic E-state index is 12.9. The first-order valence-corrected chi connectivity index (χ1v) is 24.9. The standard InChI is InChI=1S/C54H54O29/c55-25-7-5-24(6-8-25)51-34(80-54-50(73)47(70)44(67)37(83-54)21-76-41(64)18-38(60)61)17-27-29(57)15-26(16-33(27)78-51)77-52-48(71)45(68)42(65)35(81-52)19-74-40(63)12-4-23-2-10-32(31(59)14-23)79-53-49(72)46(69)43(66)36(82-53)20-75-39(62)11-3-22-1-9-28(56)30(58)13-22/h1-17,35-37,42-50,52-54,65-73H,18-21H2,(H5-,55,56,57,58,59,60,61,62)/p+1/t35?,36-,37-,42-,43+,44+,45+,46?,47?,48?,49?,50?,52-,53-,54-/m1/s1. The van der Waals surface area contributed by atoms with Crippen LogP contribution in [0.25, 0.3) is 34.4 Å². The molecule has 4 aromatic carbocycles. The molecular formula is C54H55O29+. The lowest BCUT2D eigenvalue weighted by molar-refractivity contribution is -0.278. The highest BCUT2D eigenvalue weighted by Crippen LogP contribution is 2.42. The van der Waals surface area contributed by atoms with Crippen LogP contribution < -0.4 is 14.2 Å². The molecule has 3 saturated heterocycles. The third-order valence-electron chi connectivity index (χ3n) is 13.0. The Balaban J connectivity index is 0.888. The van der Waals surface area contributed by atoms with Crippen molar-refractivity contribution >= 4 is 47.0 Å². The van der Waals surface area contributed by atoms with E-state index in [1.807, 2.05) is 0 Å². The van der Waals surface area contributed by atoms with Crippen LogP contribution in [0.1, 0.15) is 17.5 Å². The fourth-order valence-electron chi connectivity index (χ4n) is 8.47. The van der Waals surface area contributed by atoms with E-state index in [-0.39, 0.29) is 56.6 Å². The fourth-order valence-corrected chi connectivity index (χ4v) is 8.47. The van der Waals surface area contributed by atoms with Gasteiger partial charge in [0.15, 0.2) is 23.0 Å². The van der Waals surface area contributed by atoms with E-state index in [2.05, 4.69) is 0 Å². The predicted molar refractivity (Wildman–Crippen MR) is 272 cm³/mol. The molecule has 0 radical (unpaired) electrons. The van der Waals surface area contributed by atoms with E-state index in [0.29, 0.717) is 5.56 Å². The average Bonchev–Trinajstić information content (AvgIpc) is 3.62. The van der Waals surface area contributed by atoms with Gasteiger partial charge in [0.2, 0.25) is 24.6 Å². The van der Waals surface area contributed by atoms with Gasteiger partial charge >= 0.3 is 35.2 Å². The lowest BCUT2D eigenvalue weighted by Gasteiger charge is -2.39. The number of ether oxygens (including phenoxy) is 9. The minimum absolute atomic E-state index is 0.0933. The van der Waals surface area contributed by atoms with Crippen molar-refractivity contribution in [1.82, 2.24) is 0 Å². The molecule has 0 aliphatic carbocycles. The summed E-state index contributed by atoms with van der Waals surface area (Å²) >= 11 is 0. The highest BCUT2D eigenvalue weighted by atomic mass is 16.7. The molecule has 0 spiro atoms. The number of benzene rings is 4. The van der Waals surface area contributed by atoms with E-state index in [1.54, 1.807) is 0 Å². The highest BCUT2D eigenvalue weighted by molar-refractivity contribution is 5.90. The quantitative estimate of drug-likeness (QED) is 0.0118. The third-order valence-corrected chi connectivity index (χ3v) is 13.0. The molecule has 0 saturated carbocycles. The van der Waals surface area contributed by atoms with Gasteiger partial charge in [-0.3, -0.25) is 9.59 Å². The molecule has 0 amide bonds. The van der Waals surface area contributed by atoms with Gasteiger partial charge in [-0.25, -0.2) is 14.0 Å². The maximum absolute atomic E-state index is 12.9. The number of phenols is 5. The molecule has 3 aliphatic heterocycles. The van der Waals surface area contributed by atoms with Crippen molar-refractivity contribution in [3.05, 3.63) is 102 Å². The van der Waals surface area contributed by atoms with Gasteiger partial charge in [-0.2, -0.15) is 0 Å². The zero-order valence-electron chi connectivity index (χ0n) is 42.7. The minimum Gasteiger partial charge on any atom is -0.508 e. The van der Waals surface area contributed by atoms with Crippen LogP contribution in [0.5, 0.6) is 46.0 Å². The van der Waals surface area contributed by atoms with Crippen molar-refractivity contribution in [2.75, 3.05) is 19.8 Å². The third kappa shape index (κ3) is 14.6. The molecule has 8 rings (SSSR count). The van der Waals surface area contributed by atoms with Gasteiger partial charge < -0.3 is 119 Å². The molecule has 5 aromatic rings. The predicted octanol–water partition coefficient (Wildman–Crippen LogP) is -1.00. The van der Waals surface area contributed by atoms with Crippen LogP contribution in [0.2, 0.25) is 0 Å². The summed E-state index contributed by atoms with van der Waals surface area (Å²) in [5.41, 5.74) is 0.579. The molecule has 1 aromatic heterocycles. The van der Waals surface area contributed by atoms with Crippen molar-refractivity contribution in [3.63, 3.8) is 0 Å². The summed E-state index contributed by atoms with van der Waals surface area (Å²) < 4.78 is 55.5. The summed E-state index contributed by atoms with van der Waals surface area (Å²) in [6.45, 7) is -2.13. The maximum Gasteiger partial charge on any atom is 0.402 e.